The van der Waals surface area contributed by atoms with Gasteiger partial charge < -0.3 is 10.0 Å². The zero-order chi connectivity index (χ0) is 11.5. The van der Waals surface area contributed by atoms with Crippen LogP contribution in [0.4, 0.5) is 0 Å². The minimum Gasteiger partial charge on any atom is -0.478 e. The van der Waals surface area contributed by atoms with E-state index in [0.29, 0.717) is 5.56 Å². The second kappa shape index (κ2) is 4.66. The molecule has 16 heavy (non-hydrogen) atoms. The topological polar surface area (TPSA) is 40.5 Å². The second-order valence-corrected chi connectivity index (χ2v) is 4.43. The Kier molecular flexibility index (Phi) is 3.25. The lowest BCUT2D eigenvalue weighted by Gasteiger charge is -2.38. The summed E-state index contributed by atoms with van der Waals surface area (Å²) in [6.45, 7) is 4.53. The van der Waals surface area contributed by atoms with Gasteiger partial charge in [0, 0.05) is 12.6 Å². The van der Waals surface area contributed by atoms with Crippen LogP contribution in [0.5, 0.6) is 0 Å². The van der Waals surface area contributed by atoms with Crippen LogP contribution in [-0.2, 0) is 6.42 Å². The lowest BCUT2D eigenvalue weighted by molar-refractivity contribution is 0.0697. The van der Waals surface area contributed by atoms with Crippen LogP contribution < -0.4 is 0 Å². The maximum atomic E-state index is 10.7. The highest BCUT2D eigenvalue weighted by Gasteiger charge is 2.22. The van der Waals surface area contributed by atoms with Gasteiger partial charge in [0.15, 0.2) is 0 Å². The third-order valence-electron chi connectivity index (χ3n) is 3.35. The van der Waals surface area contributed by atoms with E-state index in [9.17, 15) is 4.79 Å². The molecule has 1 fully saturated rings. The van der Waals surface area contributed by atoms with Gasteiger partial charge in [-0.1, -0.05) is 12.1 Å². The van der Waals surface area contributed by atoms with Crippen molar-refractivity contribution in [3.63, 3.8) is 0 Å². The maximum Gasteiger partial charge on any atom is 0.335 e. The third-order valence-corrected chi connectivity index (χ3v) is 3.35. The average molecular weight is 219 g/mol. The van der Waals surface area contributed by atoms with E-state index >= 15 is 0 Å². The van der Waals surface area contributed by atoms with E-state index < -0.39 is 5.97 Å². The first-order chi connectivity index (χ1) is 7.66. The Morgan fingerprint density at radius 3 is 2.56 bits per heavy atom. The summed E-state index contributed by atoms with van der Waals surface area (Å²) in [5.41, 5.74) is 1.57. The van der Waals surface area contributed by atoms with Gasteiger partial charge in [-0.25, -0.2) is 4.79 Å². The Labute approximate surface area is 95.7 Å². The highest BCUT2D eigenvalue weighted by molar-refractivity contribution is 5.87. The van der Waals surface area contributed by atoms with Gasteiger partial charge >= 0.3 is 5.97 Å². The van der Waals surface area contributed by atoms with Crippen LogP contribution in [0.2, 0.25) is 0 Å². The van der Waals surface area contributed by atoms with Gasteiger partial charge in [0.1, 0.15) is 0 Å². The van der Waals surface area contributed by atoms with E-state index in [-0.39, 0.29) is 0 Å². The molecular weight excluding hydrogens is 202 g/mol. The van der Waals surface area contributed by atoms with E-state index in [0.717, 1.165) is 19.0 Å². The summed E-state index contributed by atoms with van der Waals surface area (Å²) in [6, 6.07) is 7.90. The summed E-state index contributed by atoms with van der Waals surface area (Å²) in [6.07, 6.45) is 2.31. The van der Waals surface area contributed by atoms with Gasteiger partial charge in [-0.2, -0.15) is 0 Å². The molecule has 1 unspecified atom stereocenters. The molecule has 0 radical (unpaired) electrons. The van der Waals surface area contributed by atoms with Gasteiger partial charge in [-0.15, -0.1) is 0 Å². The molecule has 86 valence electrons. The fourth-order valence-corrected chi connectivity index (χ4v) is 1.99. The van der Waals surface area contributed by atoms with Crippen molar-refractivity contribution in [3.8, 4) is 0 Å². The molecule has 1 aromatic carbocycles. The molecule has 0 amide bonds. The number of likely N-dealkylation sites (tertiary alicyclic amines) is 1. The first-order valence-corrected chi connectivity index (χ1v) is 5.73. The van der Waals surface area contributed by atoms with Crippen molar-refractivity contribution in [1.82, 2.24) is 4.90 Å². The molecule has 1 N–H and O–H groups in total. The van der Waals surface area contributed by atoms with Gasteiger partial charge in [0.2, 0.25) is 0 Å². The fourth-order valence-electron chi connectivity index (χ4n) is 1.99. The van der Waals surface area contributed by atoms with Crippen LogP contribution in [-0.4, -0.2) is 35.1 Å². The van der Waals surface area contributed by atoms with Crippen LogP contribution in [0.1, 0.15) is 29.3 Å². The van der Waals surface area contributed by atoms with Gasteiger partial charge in [-0.3, -0.25) is 0 Å². The quantitative estimate of drug-likeness (QED) is 0.842. The molecule has 1 heterocycles. The lowest BCUT2D eigenvalue weighted by Crippen LogP contribution is -2.46. The van der Waals surface area contributed by atoms with E-state index in [1.54, 1.807) is 12.1 Å². The van der Waals surface area contributed by atoms with E-state index in [1.807, 2.05) is 12.1 Å². The Morgan fingerprint density at radius 1 is 1.44 bits per heavy atom. The first kappa shape index (κ1) is 11.1. The molecule has 0 aliphatic carbocycles. The number of carboxylic acids is 1. The van der Waals surface area contributed by atoms with Crippen molar-refractivity contribution in [3.05, 3.63) is 35.4 Å². The van der Waals surface area contributed by atoms with Crippen LogP contribution >= 0.6 is 0 Å². The summed E-state index contributed by atoms with van der Waals surface area (Å²) in [7, 11) is 0. The average Bonchev–Trinajstić information content (AvgIpc) is 2.28. The van der Waals surface area contributed by atoms with Crippen molar-refractivity contribution >= 4 is 5.97 Å². The summed E-state index contributed by atoms with van der Waals surface area (Å²) < 4.78 is 0. The smallest absolute Gasteiger partial charge is 0.335 e. The Morgan fingerprint density at radius 2 is 2.12 bits per heavy atom. The molecule has 0 bridgehead atoms. The van der Waals surface area contributed by atoms with Crippen LogP contribution in [0.25, 0.3) is 0 Å². The summed E-state index contributed by atoms with van der Waals surface area (Å²) in [5, 5.41) is 8.77. The van der Waals surface area contributed by atoms with Crippen molar-refractivity contribution < 1.29 is 9.90 Å². The molecular formula is C13H17NO2. The molecule has 3 heteroatoms. The number of nitrogens with zero attached hydrogens (tertiary/aromatic N) is 1. The van der Waals surface area contributed by atoms with Crippen LogP contribution in [0.15, 0.2) is 24.3 Å². The molecule has 0 spiro atoms. The Hall–Kier alpha value is -1.35. The predicted octanol–water partition coefficient (Wildman–Crippen LogP) is 2.02. The molecule has 2 rings (SSSR count). The van der Waals surface area contributed by atoms with Crippen molar-refractivity contribution in [2.45, 2.75) is 25.8 Å². The predicted molar refractivity (Wildman–Crippen MR) is 62.8 cm³/mol. The fraction of sp³-hybridized carbons (Fsp3) is 0.462. The number of benzene rings is 1. The summed E-state index contributed by atoms with van der Waals surface area (Å²) in [4.78, 5) is 13.1. The molecule has 3 nitrogen and oxygen atoms in total. The molecule has 1 aromatic rings. The van der Waals surface area contributed by atoms with Gasteiger partial charge in [-0.05, 0) is 44.0 Å². The number of rotatable bonds is 4. The summed E-state index contributed by atoms with van der Waals surface area (Å²) in [5.74, 6) is -0.858. The van der Waals surface area contributed by atoms with Crippen molar-refractivity contribution in [2.24, 2.45) is 0 Å². The van der Waals surface area contributed by atoms with Crippen LogP contribution in [0, 0.1) is 0 Å². The zero-order valence-electron chi connectivity index (χ0n) is 9.52. The Bertz CT molecular complexity index is 372. The van der Waals surface area contributed by atoms with Crippen molar-refractivity contribution in [2.75, 3.05) is 13.1 Å². The second-order valence-electron chi connectivity index (χ2n) is 4.43. The number of hydrogen-bond acceptors (Lipinski definition) is 2. The van der Waals surface area contributed by atoms with E-state index in [4.69, 9.17) is 5.11 Å². The number of hydrogen-bond donors (Lipinski definition) is 1. The Balaban J connectivity index is 1.87. The number of carbonyl (C=O) groups is 1. The number of aromatic carboxylic acids is 1. The minimum absolute atomic E-state index is 0.362. The highest BCUT2D eigenvalue weighted by atomic mass is 16.4. The maximum absolute atomic E-state index is 10.7. The molecule has 1 aliphatic rings. The minimum atomic E-state index is -0.858. The molecule has 1 aliphatic heterocycles. The molecule has 0 saturated carbocycles. The van der Waals surface area contributed by atoms with Gasteiger partial charge in [0.25, 0.3) is 0 Å². The number of carboxylic acid groups (broad SMARTS) is 1. The lowest BCUT2D eigenvalue weighted by atomic mass is 10.0. The molecule has 0 aromatic heterocycles. The monoisotopic (exact) mass is 219 g/mol. The first-order valence-electron chi connectivity index (χ1n) is 5.73. The zero-order valence-corrected chi connectivity index (χ0v) is 9.52. The van der Waals surface area contributed by atoms with Crippen molar-refractivity contribution in [1.29, 1.82) is 0 Å². The molecule has 1 saturated heterocycles. The van der Waals surface area contributed by atoms with Gasteiger partial charge in [0.05, 0.1) is 5.56 Å². The van der Waals surface area contributed by atoms with E-state index in [2.05, 4.69) is 11.8 Å². The van der Waals surface area contributed by atoms with E-state index in [1.165, 1.54) is 18.5 Å². The largest absolute Gasteiger partial charge is 0.478 e. The summed E-state index contributed by atoms with van der Waals surface area (Å²) >= 11 is 0. The normalized spacial score (nSPS) is 20.4. The SMILES string of the molecule is CC1CCN1CCc1ccc(C(=O)O)cc1. The standard InChI is InChI=1S/C13H17NO2/c1-10-6-8-14(10)9-7-11-2-4-12(5-3-11)13(15)16/h2-5,10H,6-9H2,1H3,(H,15,16). The molecule has 1 atom stereocenters. The van der Waals surface area contributed by atoms with Crippen LogP contribution in [0.3, 0.4) is 0 Å². The third kappa shape index (κ3) is 2.42. The highest BCUT2D eigenvalue weighted by Crippen LogP contribution is 2.16.